The lowest BCUT2D eigenvalue weighted by Crippen LogP contribution is -2.28. The van der Waals surface area contributed by atoms with Gasteiger partial charge in [0.2, 0.25) is 11.5 Å². The number of nitro benzene ring substituents is 1. The van der Waals surface area contributed by atoms with E-state index in [1.165, 1.54) is 24.3 Å². The van der Waals surface area contributed by atoms with Crippen LogP contribution >= 0.6 is 0 Å². The lowest BCUT2D eigenvalue weighted by Gasteiger charge is -2.21. The predicted octanol–water partition coefficient (Wildman–Crippen LogP) is 3.54. The molecular formula is C18H23NO7. The van der Waals surface area contributed by atoms with E-state index in [0.717, 1.165) is 6.08 Å². The Balaban J connectivity index is 3.23. The summed E-state index contributed by atoms with van der Waals surface area (Å²) in [6.45, 7) is 9.90. The van der Waals surface area contributed by atoms with Crippen molar-refractivity contribution in [3.63, 3.8) is 0 Å². The summed E-state index contributed by atoms with van der Waals surface area (Å²) < 4.78 is 15.7. The van der Waals surface area contributed by atoms with E-state index in [1.807, 2.05) is 0 Å². The van der Waals surface area contributed by atoms with Crippen LogP contribution in [0.1, 0.15) is 41.5 Å². The molecule has 0 atom stereocenters. The van der Waals surface area contributed by atoms with E-state index in [2.05, 4.69) is 0 Å². The van der Waals surface area contributed by atoms with Crippen molar-refractivity contribution in [2.75, 3.05) is 0 Å². The topological polar surface area (TPSA) is 105 Å². The number of rotatable bonds is 5. The molecule has 0 unspecified atom stereocenters. The molecule has 1 rings (SSSR count). The molecule has 1 aromatic rings. The van der Waals surface area contributed by atoms with Crippen LogP contribution in [0.5, 0.6) is 5.75 Å². The van der Waals surface area contributed by atoms with Crippen LogP contribution in [-0.4, -0.2) is 28.1 Å². The van der Waals surface area contributed by atoms with Gasteiger partial charge in [-0.05, 0) is 47.6 Å². The van der Waals surface area contributed by atoms with Crippen LogP contribution in [0, 0.1) is 10.1 Å². The van der Waals surface area contributed by atoms with E-state index in [4.69, 9.17) is 14.2 Å². The maximum atomic E-state index is 12.4. The van der Waals surface area contributed by atoms with Gasteiger partial charge in [-0.15, -0.1) is 0 Å². The second kappa shape index (κ2) is 7.99. The monoisotopic (exact) mass is 365 g/mol. The molecule has 0 saturated carbocycles. The fraction of sp³-hybridized carbons (Fsp3) is 0.444. The molecule has 0 aliphatic rings. The number of esters is 2. The van der Waals surface area contributed by atoms with Crippen molar-refractivity contribution < 1.29 is 28.7 Å². The Kier molecular flexibility index (Phi) is 6.49. The Morgan fingerprint density at radius 2 is 1.54 bits per heavy atom. The molecule has 0 radical (unpaired) electrons. The quantitative estimate of drug-likeness (QED) is 0.258. The summed E-state index contributed by atoms with van der Waals surface area (Å²) in [6.07, 6.45) is 0.816. The number of hydrogen-bond donors (Lipinski definition) is 0. The van der Waals surface area contributed by atoms with Crippen molar-refractivity contribution in [1.29, 1.82) is 0 Å². The van der Waals surface area contributed by atoms with Gasteiger partial charge < -0.3 is 14.2 Å². The summed E-state index contributed by atoms with van der Waals surface area (Å²) in [5, 5.41) is 11.1. The van der Waals surface area contributed by atoms with E-state index >= 15 is 0 Å². The van der Waals surface area contributed by atoms with Gasteiger partial charge in [-0.3, -0.25) is 10.1 Å². The second-order valence-corrected chi connectivity index (χ2v) is 7.37. The molecule has 26 heavy (non-hydrogen) atoms. The predicted molar refractivity (Wildman–Crippen MR) is 93.5 cm³/mol. The van der Waals surface area contributed by atoms with Gasteiger partial charge >= 0.3 is 17.6 Å². The van der Waals surface area contributed by atoms with Crippen LogP contribution in [0.2, 0.25) is 0 Å². The van der Waals surface area contributed by atoms with Crippen LogP contribution < -0.4 is 4.74 Å². The molecule has 0 fully saturated rings. The molecule has 1 aromatic carbocycles. The Labute approximate surface area is 151 Å². The Hall–Kier alpha value is -2.90. The molecular weight excluding hydrogens is 342 g/mol. The Morgan fingerprint density at radius 1 is 1.00 bits per heavy atom. The zero-order valence-electron chi connectivity index (χ0n) is 15.7. The maximum absolute atomic E-state index is 12.4. The summed E-state index contributed by atoms with van der Waals surface area (Å²) in [4.78, 5) is 34.8. The number of ether oxygens (including phenoxy) is 3. The van der Waals surface area contributed by atoms with Gasteiger partial charge in [0.15, 0.2) is 0 Å². The first-order valence-corrected chi connectivity index (χ1v) is 7.88. The summed E-state index contributed by atoms with van der Waals surface area (Å²) >= 11 is 0. The molecule has 0 amide bonds. The largest absolute Gasteiger partial charge is 0.457 e. The molecule has 0 N–H and O–H groups in total. The molecule has 8 nitrogen and oxygen atoms in total. The van der Waals surface area contributed by atoms with Crippen LogP contribution in [0.4, 0.5) is 5.69 Å². The van der Waals surface area contributed by atoms with Crippen LogP contribution in [0.3, 0.4) is 0 Å². The van der Waals surface area contributed by atoms with E-state index in [1.54, 1.807) is 41.5 Å². The van der Waals surface area contributed by atoms with Gasteiger partial charge in [-0.1, -0.05) is 12.1 Å². The van der Waals surface area contributed by atoms with E-state index in [-0.39, 0.29) is 11.4 Å². The smallest absolute Gasteiger partial charge is 0.375 e. The molecule has 0 bridgehead atoms. The molecule has 8 heteroatoms. The van der Waals surface area contributed by atoms with Gasteiger partial charge in [0.1, 0.15) is 11.2 Å². The Bertz CT molecular complexity index is 724. The van der Waals surface area contributed by atoms with Crippen LogP contribution in [0.25, 0.3) is 0 Å². The van der Waals surface area contributed by atoms with Crippen molar-refractivity contribution in [3.8, 4) is 5.75 Å². The number of carbonyl (C=O) groups is 2. The fourth-order valence-electron chi connectivity index (χ4n) is 1.71. The van der Waals surface area contributed by atoms with E-state index in [9.17, 15) is 19.7 Å². The first-order valence-electron chi connectivity index (χ1n) is 7.88. The molecule has 142 valence electrons. The third-order valence-electron chi connectivity index (χ3n) is 2.54. The number of benzene rings is 1. The highest BCUT2D eigenvalue weighted by molar-refractivity contribution is 5.95. The molecule has 0 aromatic heterocycles. The van der Waals surface area contributed by atoms with Gasteiger partial charge in [0, 0.05) is 6.07 Å². The van der Waals surface area contributed by atoms with Crippen molar-refractivity contribution >= 4 is 17.6 Å². The first-order chi connectivity index (χ1) is 11.8. The third kappa shape index (κ3) is 7.33. The van der Waals surface area contributed by atoms with Crippen LogP contribution in [-0.2, 0) is 19.1 Å². The standard InChI is InChI=1S/C18H23NO7/c1-17(2,3)25-15(20)11-14(16(21)26-18(4,5)6)24-13-10-8-7-9-12(13)19(22)23/h7-11H,1-6H3/b14-11+. The van der Waals surface area contributed by atoms with Crippen molar-refractivity contribution in [2.45, 2.75) is 52.7 Å². The Morgan fingerprint density at radius 3 is 2.04 bits per heavy atom. The molecule has 0 spiro atoms. The number of hydrogen-bond acceptors (Lipinski definition) is 7. The maximum Gasteiger partial charge on any atom is 0.375 e. The highest BCUT2D eigenvalue weighted by atomic mass is 16.6. The van der Waals surface area contributed by atoms with Crippen molar-refractivity contribution in [1.82, 2.24) is 0 Å². The van der Waals surface area contributed by atoms with E-state index in [0.29, 0.717) is 0 Å². The molecule has 0 aliphatic heterocycles. The highest BCUT2D eigenvalue weighted by Gasteiger charge is 2.26. The SMILES string of the molecule is CC(C)(C)OC(=O)/C=C(/Oc1ccccc1[N+](=O)[O-])C(=O)OC(C)(C)C. The van der Waals surface area contributed by atoms with Gasteiger partial charge in [0.25, 0.3) is 0 Å². The van der Waals surface area contributed by atoms with Gasteiger partial charge in [-0.25, -0.2) is 9.59 Å². The zero-order valence-corrected chi connectivity index (χ0v) is 15.7. The van der Waals surface area contributed by atoms with Gasteiger partial charge in [0.05, 0.1) is 11.0 Å². The zero-order chi connectivity index (χ0) is 20.1. The number of nitro groups is 1. The van der Waals surface area contributed by atoms with E-state index < -0.39 is 33.8 Å². The molecule has 0 aliphatic carbocycles. The minimum atomic E-state index is -0.943. The van der Waals surface area contributed by atoms with Crippen molar-refractivity contribution in [2.24, 2.45) is 0 Å². The lowest BCUT2D eigenvalue weighted by molar-refractivity contribution is -0.385. The van der Waals surface area contributed by atoms with Crippen LogP contribution in [0.15, 0.2) is 36.1 Å². The number of carbonyl (C=O) groups excluding carboxylic acids is 2. The fourth-order valence-corrected chi connectivity index (χ4v) is 1.71. The normalized spacial score (nSPS) is 12.3. The summed E-state index contributed by atoms with van der Waals surface area (Å²) in [5.41, 5.74) is -1.99. The second-order valence-electron chi connectivity index (χ2n) is 7.37. The average Bonchev–Trinajstić information content (AvgIpc) is 2.43. The highest BCUT2D eigenvalue weighted by Crippen LogP contribution is 2.28. The minimum absolute atomic E-state index is 0.196. The lowest BCUT2D eigenvalue weighted by atomic mass is 10.2. The summed E-state index contributed by atoms with van der Waals surface area (Å²) in [6, 6.07) is 5.49. The molecule has 0 saturated heterocycles. The summed E-state index contributed by atoms with van der Waals surface area (Å²) in [5.74, 6) is -2.49. The summed E-state index contributed by atoms with van der Waals surface area (Å²) in [7, 11) is 0. The van der Waals surface area contributed by atoms with Gasteiger partial charge in [-0.2, -0.15) is 0 Å². The number of nitrogens with zero attached hydrogens (tertiary/aromatic N) is 1. The molecule has 0 heterocycles. The third-order valence-corrected chi connectivity index (χ3v) is 2.54. The minimum Gasteiger partial charge on any atom is -0.457 e. The first kappa shape index (κ1) is 21.1. The van der Waals surface area contributed by atoms with Crippen molar-refractivity contribution in [3.05, 3.63) is 46.2 Å². The average molecular weight is 365 g/mol. The number of para-hydroxylation sites is 2.